The van der Waals surface area contributed by atoms with Crippen molar-refractivity contribution < 1.29 is 0 Å². The molecule has 2 heteroatoms. The second-order valence-electron chi connectivity index (χ2n) is 6.52. The first kappa shape index (κ1) is 12.0. The lowest BCUT2D eigenvalue weighted by atomic mass is 9.87. The van der Waals surface area contributed by atoms with Crippen molar-refractivity contribution in [3.8, 4) is 0 Å². The van der Waals surface area contributed by atoms with Crippen molar-refractivity contribution in [2.24, 2.45) is 11.8 Å². The Bertz CT molecular complexity index is 221. The monoisotopic (exact) mass is 236 g/mol. The second kappa shape index (κ2) is 5.71. The van der Waals surface area contributed by atoms with Gasteiger partial charge >= 0.3 is 0 Å². The topological polar surface area (TPSA) is 15.3 Å². The van der Waals surface area contributed by atoms with E-state index >= 15 is 0 Å². The first-order chi connectivity index (χ1) is 8.42. The van der Waals surface area contributed by atoms with E-state index in [1.165, 1.54) is 77.5 Å². The number of rotatable bonds is 3. The van der Waals surface area contributed by atoms with Crippen LogP contribution in [0.15, 0.2) is 0 Å². The van der Waals surface area contributed by atoms with Crippen LogP contribution < -0.4 is 5.32 Å². The van der Waals surface area contributed by atoms with Gasteiger partial charge in [0.1, 0.15) is 0 Å². The second-order valence-corrected chi connectivity index (χ2v) is 6.52. The molecule has 1 saturated carbocycles. The molecule has 2 aliphatic heterocycles. The molecule has 0 bridgehead atoms. The number of nitrogens with zero attached hydrogens (tertiary/aromatic N) is 1. The number of piperidine rings is 1. The number of hydrogen-bond acceptors (Lipinski definition) is 2. The smallest absolute Gasteiger partial charge is 0.0235 e. The third-order valence-electron chi connectivity index (χ3n) is 5.25. The van der Waals surface area contributed by atoms with Gasteiger partial charge in [-0.05, 0) is 44.2 Å². The molecule has 17 heavy (non-hydrogen) atoms. The van der Waals surface area contributed by atoms with E-state index in [1.54, 1.807) is 0 Å². The van der Waals surface area contributed by atoms with Gasteiger partial charge in [-0.3, -0.25) is 0 Å². The van der Waals surface area contributed by atoms with E-state index in [-0.39, 0.29) is 0 Å². The van der Waals surface area contributed by atoms with E-state index in [9.17, 15) is 0 Å². The van der Waals surface area contributed by atoms with E-state index in [0.717, 1.165) is 17.9 Å². The zero-order valence-corrected chi connectivity index (χ0v) is 11.2. The predicted octanol–water partition coefficient (Wildman–Crippen LogP) is 2.64. The first-order valence-corrected chi connectivity index (χ1v) is 7.87. The fourth-order valence-corrected chi connectivity index (χ4v) is 4.16. The van der Waals surface area contributed by atoms with Gasteiger partial charge in [0.15, 0.2) is 0 Å². The van der Waals surface area contributed by atoms with Crippen molar-refractivity contribution in [2.45, 2.75) is 57.4 Å². The lowest BCUT2D eigenvalue weighted by molar-refractivity contribution is 0.258. The highest BCUT2D eigenvalue weighted by atomic mass is 15.2. The van der Waals surface area contributed by atoms with Crippen LogP contribution >= 0.6 is 0 Å². The summed E-state index contributed by atoms with van der Waals surface area (Å²) < 4.78 is 0. The minimum absolute atomic E-state index is 0.829. The molecule has 98 valence electrons. The number of likely N-dealkylation sites (tertiary alicyclic amines) is 1. The van der Waals surface area contributed by atoms with Gasteiger partial charge in [0, 0.05) is 19.1 Å². The molecule has 0 aromatic rings. The Morgan fingerprint density at radius 3 is 2.65 bits per heavy atom. The molecule has 1 N–H and O–H groups in total. The fraction of sp³-hybridized carbons (Fsp3) is 1.00. The summed E-state index contributed by atoms with van der Waals surface area (Å²) in [5.74, 6) is 2.02. The Labute approximate surface area is 106 Å². The molecule has 2 atom stereocenters. The van der Waals surface area contributed by atoms with Crippen LogP contribution in [0.1, 0.15) is 51.4 Å². The molecule has 2 saturated heterocycles. The first-order valence-electron chi connectivity index (χ1n) is 7.87. The van der Waals surface area contributed by atoms with Crippen LogP contribution in [-0.4, -0.2) is 37.1 Å². The maximum absolute atomic E-state index is 3.71. The Morgan fingerprint density at radius 2 is 1.82 bits per heavy atom. The van der Waals surface area contributed by atoms with Crippen molar-refractivity contribution in [1.29, 1.82) is 0 Å². The molecule has 2 nitrogen and oxygen atoms in total. The Balaban J connectivity index is 1.40. The summed E-state index contributed by atoms with van der Waals surface area (Å²) in [6.07, 6.45) is 11.9. The SMILES string of the molecule is C1CCC(CCN2C[C@@H]3CCCN[C@@H]3C2)CC1. The average molecular weight is 236 g/mol. The molecule has 0 aromatic heterocycles. The average Bonchev–Trinajstić information content (AvgIpc) is 2.80. The molecule has 3 rings (SSSR count). The van der Waals surface area contributed by atoms with Crippen LogP contribution in [0.4, 0.5) is 0 Å². The Hall–Kier alpha value is -0.0800. The Morgan fingerprint density at radius 1 is 0.941 bits per heavy atom. The molecule has 0 radical (unpaired) electrons. The zero-order chi connectivity index (χ0) is 11.5. The third kappa shape index (κ3) is 3.03. The van der Waals surface area contributed by atoms with E-state index in [1.807, 2.05) is 0 Å². The van der Waals surface area contributed by atoms with Gasteiger partial charge in [-0.15, -0.1) is 0 Å². The van der Waals surface area contributed by atoms with E-state index < -0.39 is 0 Å². The molecule has 0 amide bonds. The largest absolute Gasteiger partial charge is 0.312 e. The fourth-order valence-electron chi connectivity index (χ4n) is 4.16. The van der Waals surface area contributed by atoms with Crippen molar-refractivity contribution in [3.63, 3.8) is 0 Å². The zero-order valence-electron chi connectivity index (χ0n) is 11.2. The molecule has 0 aromatic carbocycles. The normalized spacial score (nSPS) is 36.0. The van der Waals surface area contributed by atoms with Crippen LogP contribution in [0.25, 0.3) is 0 Å². The van der Waals surface area contributed by atoms with Crippen molar-refractivity contribution in [3.05, 3.63) is 0 Å². The Kier molecular flexibility index (Phi) is 4.02. The molecular weight excluding hydrogens is 208 g/mol. The van der Waals surface area contributed by atoms with E-state index in [0.29, 0.717) is 0 Å². The summed E-state index contributed by atoms with van der Waals surface area (Å²) in [6.45, 7) is 5.35. The summed E-state index contributed by atoms with van der Waals surface area (Å²) in [4.78, 5) is 2.74. The van der Waals surface area contributed by atoms with Crippen LogP contribution in [0.3, 0.4) is 0 Å². The molecule has 1 aliphatic carbocycles. The lowest BCUT2D eigenvalue weighted by Crippen LogP contribution is -2.40. The van der Waals surface area contributed by atoms with Gasteiger partial charge in [-0.1, -0.05) is 32.1 Å². The summed E-state index contributed by atoms with van der Waals surface area (Å²) in [7, 11) is 0. The minimum atomic E-state index is 0.829. The van der Waals surface area contributed by atoms with Gasteiger partial charge in [-0.25, -0.2) is 0 Å². The molecule has 0 unspecified atom stereocenters. The standard InChI is InChI=1S/C15H28N2/c1-2-5-13(6-3-1)8-10-17-11-14-7-4-9-16-15(14)12-17/h13-16H,1-12H2/t14-,15+/m0/s1. The summed E-state index contributed by atoms with van der Waals surface area (Å²) in [5, 5.41) is 3.71. The number of nitrogens with one attached hydrogen (secondary N) is 1. The van der Waals surface area contributed by atoms with Gasteiger partial charge < -0.3 is 10.2 Å². The van der Waals surface area contributed by atoms with Crippen LogP contribution in [-0.2, 0) is 0 Å². The highest BCUT2D eigenvalue weighted by Crippen LogP contribution is 2.29. The van der Waals surface area contributed by atoms with Gasteiger partial charge in [0.2, 0.25) is 0 Å². The molecule has 0 spiro atoms. The number of hydrogen-bond donors (Lipinski definition) is 1. The summed E-state index contributed by atoms with van der Waals surface area (Å²) >= 11 is 0. The van der Waals surface area contributed by atoms with Crippen LogP contribution in [0, 0.1) is 11.8 Å². The van der Waals surface area contributed by atoms with E-state index in [2.05, 4.69) is 10.2 Å². The third-order valence-corrected chi connectivity index (χ3v) is 5.25. The van der Waals surface area contributed by atoms with Crippen LogP contribution in [0.5, 0.6) is 0 Å². The predicted molar refractivity (Wildman–Crippen MR) is 72.1 cm³/mol. The maximum atomic E-state index is 3.71. The lowest BCUT2D eigenvalue weighted by Gasteiger charge is -2.25. The quantitative estimate of drug-likeness (QED) is 0.810. The summed E-state index contributed by atoms with van der Waals surface area (Å²) in [6, 6.07) is 0.829. The highest BCUT2D eigenvalue weighted by molar-refractivity contribution is 4.91. The number of fused-ring (bicyclic) bond motifs is 1. The van der Waals surface area contributed by atoms with Crippen molar-refractivity contribution in [1.82, 2.24) is 10.2 Å². The minimum Gasteiger partial charge on any atom is -0.312 e. The van der Waals surface area contributed by atoms with Gasteiger partial charge in [-0.2, -0.15) is 0 Å². The van der Waals surface area contributed by atoms with Crippen LogP contribution in [0.2, 0.25) is 0 Å². The molecular formula is C15H28N2. The molecule has 3 aliphatic rings. The molecule has 2 heterocycles. The molecule has 3 fully saturated rings. The van der Waals surface area contributed by atoms with E-state index in [4.69, 9.17) is 0 Å². The van der Waals surface area contributed by atoms with Gasteiger partial charge in [0.05, 0.1) is 0 Å². The maximum Gasteiger partial charge on any atom is 0.0235 e. The van der Waals surface area contributed by atoms with Crippen molar-refractivity contribution in [2.75, 3.05) is 26.2 Å². The van der Waals surface area contributed by atoms with Gasteiger partial charge in [0.25, 0.3) is 0 Å². The highest BCUT2D eigenvalue weighted by Gasteiger charge is 2.33. The van der Waals surface area contributed by atoms with Crippen molar-refractivity contribution >= 4 is 0 Å². The summed E-state index contributed by atoms with van der Waals surface area (Å²) in [5.41, 5.74) is 0.